The fourth-order valence-electron chi connectivity index (χ4n) is 1.15. The van der Waals surface area contributed by atoms with Crippen LogP contribution in [0, 0.1) is 5.82 Å². The van der Waals surface area contributed by atoms with Crippen LogP contribution in [0.3, 0.4) is 0 Å². The Balaban J connectivity index is 2.42. The zero-order valence-corrected chi connectivity index (χ0v) is 7.85. The maximum atomic E-state index is 12.8. The second-order valence-corrected chi connectivity index (χ2v) is 3.00. The van der Waals surface area contributed by atoms with Gasteiger partial charge in [-0.15, -0.1) is 0 Å². The van der Waals surface area contributed by atoms with Gasteiger partial charge in [-0.3, -0.25) is 0 Å². The summed E-state index contributed by atoms with van der Waals surface area (Å²) in [5.41, 5.74) is 0.298. The summed E-state index contributed by atoms with van der Waals surface area (Å²) in [7, 11) is 0. The minimum atomic E-state index is -1.25. The van der Waals surface area contributed by atoms with E-state index in [4.69, 9.17) is 14.6 Å². The van der Waals surface area contributed by atoms with Crippen LogP contribution in [0.4, 0.5) is 4.39 Å². The van der Waals surface area contributed by atoms with Gasteiger partial charge >= 0.3 is 5.97 Å². The molecular formula is C10H6FNO4. The number of carboxylic acid groups (broad SMARTS) is 1. The first-order chi connectivity index (χ1) is 7.58. The lowest BCUT2D eigenvalue weighted by atomic mass is 10.2. The Morgan fingerprint density at radius 2 is 2.19 bits per heavy atom. The number of phenols is 1. The minimum absolute atomic E-state index is 0.00713. The lowest BCUT2D eigenvalue weighted by molar-refractivity contribution is 0.0663. The Morgan fingerprint density at radius 1 is 1.44 bits per heavy atom. The Hall–Kier alpha value is -2.37. The molecule has 1 aromatic carbocycles. The van der Waals surface area contributed by atoms with Crippen LogP contribution in [-0.2, 0) is 0 Å². The number of halogens is 1. The zero-order valence-electron chi connectivity index (χ0n) is 7.85. The molecular weight excluding hydrogens is 217 g/mol. The number of aromatic carboxylic acids is 1. The van der Waals surface area contributed by atoms with E-state index in [1.807, 2.05) is 0 Å². The third kappa shape index (κ3) is 1.72. The van der Waals surface area contributed by atoms with E-state index in [0.717, 1.165) is 18.3 Å². The van der Waals surface area contributed by atoms with Crippen LogP contribution in [-0.4, -0.2) is 21.2 Å². The van der Waals surface area contributed by atoms with E-state index >= 15 is 0 Å². The average Bonchev–Trinajstić information content (AvgIpc) is 2.71. The summed E-state index contributed by atoms with van der Waals surface area (Å²) >= 11 is 0. The van der Waals surface area contributed by atoms with E-state index in [1.54, 1.807) is 0 Å². The van der Waals surface area contributed by atoms with Gasteiger partial charge in [0.1, 0.15) is 0 Å². The van der Waals surface area contributed by atoms with Gasteiger partial charge in [0.15, 0.2) is 11.6 Å². The van der Waals surface area contributed by atoms with Gasteiger partial charge in [0.05, 0.1) is 6.20 Å². The predicted octanol–water partition coefficient (Wildman–Crippen LogP) is 1.88. The lowest BCUT2D eigenvalue weighted by Gasteiger charge is -1.97. The molecule has 0 saturated carbocycles. The molecule has 0 amide bonds. The lowest BCUT2D eigenvalue weighted by Crippen LogP contribution is -1.91. The highest BCUT2D eigenvalue weighted by Gasteiger charge is 2.13. The highest BCUT2D eigenvalue weighted by molar-refractivity contribution is 5.84. The van der Waals surface area contributed by atoms with Crippen molar-refractivity contribution in [3.05, 3.63) is 36.0 Å². The highest BCUT2D eigenvalue weighted by Crippen LogP contribution is 2.25. The van der Waals surface area contributed by atoms with E-state index < -0.39 is 17.5 Å². The molecule has 16 heavy (non-hydrogen) atoms. The molecule has 5 nitrogen and oxygen atoms in total. The van der Waals surface area contributed by atoms with E-state index in [9.17, 15) is 9.18 Å². The molecule has 2 N–H and O–H groups in total. The number of oxazole rings is 1. The summed E-state index contributed by atoms with van der Waals surface area (Å²) in [4.78, 5) is 14.2. The average molecular weight is 223 g/mol. The van der Waals surface area contributed by atoms with Gasteiger partial charge in [-0.2, -0.15) is 0 Å². The number of benzene rings is 1. The van der Waals surface area contributed by atoms with Gasteiger partial charge in [-0.05, 0) is 18.2 Å². The van der Waals surface area contributed by atoms with E-state index in [0.29, 0.717) is 5.56 Å². The fraction of sp³-hybridized carbons (Fsp3) is 0. The van der Waals surface area contributed by atoms with E-state index in [-0.39, 0.29) is 11.7 Å². The smallest absolute Gasteiger partial charge is 0.373 e. The number of carboxylic acids is 1. The second-order valence-electron chi connectivity index (χ2n) is 3.00. The van der Waals surface area contributed by atoms with Crippen molar-refractivity contribution in [2.24, 2.45) is 0 Å². The van der Waals surface area contributed by atoms with Crippen LogP contribution in [0.2, 0.25) is 0 Å². The fourth-order valence-corrected chi connectivity index (χ4v) is 1.15. The Kier molecular flexibility index (Phi) is 2.32. The zero-order chi connectivity index (χ0) is 11.7. The first-order valence-corrected chi connectivity index (χ1v) is 4.26. The predicted molar refractivity (Wildman–Crippen MR) is 50.5 cm³/mol. The molecule has 0 unspecified atom stereocenters. The van der Waals surface area contributed by atoms with Crippen LogP contribution < -0.4 is 0 Å². The number of nitrogens with zero attached hydrogens (tertiary/aromatic N) is 1. The number of hydrogen-bond acceptors (Lipinski definition) is 4. The number of carbonyl (C=O) groups is 1. The normalized spacial score (nSPS) is 10.3. The largest absolute Gasteiger partial charge is 0.505 e. The standard InChI is InChI=1S/C10H6FNO4/c11-6-2-1-5(3-7(6)13)9-12-4-8(16-9)10(14)15/h1-4,13H,(H,14,15). The Labute approximate surface area is 88.8 Å². The van der Waals surface area contributed by atoms with Crippen LogP contribution in [0.25, 0.3) is 11.5 Å². The first kappa shape index (κ1) is 10.2. The van der Waals surface area contributed by atoms with Crippen molar-refractivity contribution < 1.29 is 23.8 Å². The second kappa shape index (κ2) is 3.65. The quantitative estimate of drug-likeness (QED) is 0.812. The van der Waals surface area contributed by atoms with Gasteiger partial charge < -0.3 is 14.6 Å². The van der Waals surface area contributed by atoms with Crippen LogP contribution in [0.1, 0.15) is 10.6 Å². The molecule has 0 atom stereocenters. The summed E-state index contributed by atoms with van der Waals surface area (Å²) in [5.74, 6) is -2.88. The van der Waals surface area contributed by atoms with Crippen LogP contribution >= 0.6 is 0 Å². The van der Waals surface area contributed by atoms with Gasteiger partial charge in [-0.1, -0.05) is 0 Å². The Morgan fingerprint density at radius 3 is 2.75 bits per heavy atom. The van der Waals surface area contributed by atoms with Crippen molar-refractivity contribution in [3.63, 3.8) is 0 Å². The molecule has 82 valence electrons. The first-order valence-electron chi connectivity index (χ1n) is 4.26. The van der Waals surface area contributed by atoms with Crippen molar-refractivity contribution in [2.75, 3.05) is 0 Å². The van der Waals surface area contributed by atoms with Gasteiger partial charge in [0.2, 0.25) is 11.7 Å². The molecule has 0 saturated heterocycles. The molecule has 6 heteroatoms. The summed E-state index contributed by atoms with van der Waals surface area (Å²) in [5, 5.41) is 17.7. The molecule has 2 rings (SSSR count). The minimum Gasteiger partial charge on any atom is -0.505 e. The van der Waals surface area contributed by atoms with Gasteiger partial charge in [0.25, 0.3) is 0 Å². The molecule has 2 aromatic rings. The van der Waals surface area contributed by atoms with Crippen molar-refractivity contribution in [1.82, 2.24) is 4.98 Å². The maximum absolute atomic E-state index is 12.8. The Bertz CT molecular complexity index is 550. The number of aromatic hydroxyl groups is 1. The third-order valence-electron chi connectivity index (χ3n) is 1.91. The molecule has 0 radical (unpaired) electrons. The van der Waals surface area contributed by atoms with Crippen molar-refractivity contribution in [1.29, 1.82) is 0 Å². The maximum Gasteiger partial charge on any atom is 0.373 e. The summed E-state index contributed by atoms with van der Waals surface area (Å²) in [6.45, 7) is 0. The molecule has 0 fully saturated rings. The monoisotopic (exact) mass is 223 g/mol. The number of rotatable bonds is 2. The molecule has 1 heterocycles. The number of hydrogen-bond donors (Lipinski definition) is 2. The summed E-state index contributed by atoms with van der Waals surface area (Å²) in [6, 6.07) is 3.47. The van der Waals surface area contributed by atoms with E-state index in [1.165, 1.54) is 6.07 Å². The molecule has 0 aliphatic rings. The SMILES string of the molecule is O=C(O)c1cnc(-c2ccc(F)c(O)c2)o1. The van der Waals surface area contributed by atoms with Gasteiger partial charge in [-0.25, -0.2) is 14.2 Å². The highest BCUT2D eigenvalue weighted by atomic mass is 19.1. The van der Waals surface area contributed by atoms with Crippen molar-refractivity contribution >= 4 is 5.97 Å². The molecule has 1 aromatic heterocycles. The van der Waals surface area contributed by atoms with Crippen molar-refractivity contribution in [2.45, 2.75) is 0 Å². The summed E-state index contributed by atoms with van der Waals surface area (Å²) in [6.07, 6.45) is 1.04. The topological polar surface area (TPSA) is 83.6 Å². The number of aromatic nitrogens is 1. The van der Waals surface area contributed by atoms with E-state index in [2.05, 4.69) is 4.98 Å². The van der Waals surface area contributed by atoms with Crippen LogP contribution in [0.15, 0.2) is 28.8 Å². The van der Waals surface area contributed by atoms with Crippen LogP contribution in [0.5, 0.6) is 5.75 Å². The molecule has 0 aliphatic carbocycles. The summed E-state index contributed by atoms with van der Waals surface area (Å²) < 4.78 is 17.6. The molecule has 0 aliphatic heterocycles. The third-order valence-corrected chi connectivity index (χ3v) is 1.91. The van der Waals surface area contributed by atoms with Gasteiger partial charge in [0, 0.05) is 5.56 Å². The molecule has 0 bridgehead atoms. The number of phenolic OH excluding ortho intramolecular Hbond substituents is 1. The molecule has 0 spiro atoms. The van der Waals surface area contributed by atoms with Crippen molar-refractivity contribution in [3.8, 4) is 17.2 Å².